The highest BCUT2D eigenvalue weighted by Crippen LogP contribution is 2.22. The predicted octanol–water partition coefficient (Wildman–Crippen LogP) is 3.86. The minimum atomic E-state index is -0.114. The molecule has 0 atom stereocenters. The Morgan fingerprint density at radius 1 is 1.10 bits per heavy atom. The van der Waals surface area contributed by atoms with Gasteiger partial charge >= 0.3 is 0 Å². The van der Waals surface area contributed by atoms with E-state index in [2.05, 4.69) is 20.6 Å². The first-order valence-electron chi connectivity index (χ1n) is 9.14. The predicted molar refractivity (Wildman–Crippen MR) is 117 cm³/mol. The summed E-state index contributed by atoms with van der Waals surface area (Å²) in [5.74, 6) is 0.826. The van der Waals surface area contributed by atoms with Crippen LogP contribution in [0.1, 0.15) is 5.56 Å². The van der Waals surface area contributed by atoms with Crippen LogP contribution in [0.2, 0.25) is 5.02 Å². The number of carbonyl (C=O) groups is 1. The zero-order chi connectivity index (χ0) is 20.9. The van der Waals surface area contributed by atoms with Crippen molar-refractivity contribution in [2.45, 2.75) is 11.7 Å². The van der Waals surface area contributed by atoms with Gasteiger partial charge in [-0.15, -0.1) is 10.2 Å². The van der Waals surface area contributed by atoms with Gasteiger partial charge in [0.2, 0.25) is 11.1 Å². The summed E-state index contributed by atoms with van der Waals surface area (Å²) in [6.45, 7) is 0.392. The number of para-hydroxylation sites is 1. The van der Waals surface area contributed by atoms with Crippen molar-refractivity contribution in [2.75, 3.05) is 12.9 Å². The molecule has 7 nitrogen and oxygen atoms in total. The number of benzene rings is 2. The van der Waals surface area contributed by atoms with E-state index < -0.39 is 0 Å². The number of rotatable bonds is 7. The van der Waals surface area contributed by atoms with Crippen LogP contribution in [0.15, 0.2) is 65.8 Å². The van der Waals surface area contributed by atoms with Crippen molar-refractivity contribution in [3.8, 4) is 17.0 Å². The Hall–Kier alpha value is -3.10. The first kappa shape index (κ1) is 20.2. The van der Waals surface area contributed by atoms with Crippen LogP contribution >= 0.6 is 23.4 Å². The number of nitrogens with one attached hydrogen (secondary N) is 1. The number of amides is 1. The molecule has 1 amide bonds. The highest BCUT2D eigenvalue weighted by atomic mass is 35.5. The molecule has 152 valence electrons. The Labute approximate surface area is 182 Å². The summed E-state index contributed by atoms with van der Waals surface area (Å²) in [5, 5.41) is 17.0. The second-order valence-corrected chi connectivity index (χ2v) is 7.73. The van der Waals surface area contributed by atoms with Gasteiger partial charge in [-0.05, 0) is 30.3 Å². The highest BCUT2D eigenvalue weighted by Gasteiger charge is 2.12. The molecule has 30 heavy (non-hydrogen) atoms. The molecule has 0 aliphatic carbocycles. The topological polar surface area (TPSA) is 81.4 Å². The minimum absolute atomic E-state index is 0.114. The molecule has 0 spiro atoms. The molecule has 0 saturated carbocycles. The van der Waals surface area contributed by atoms with Gasteiger partial charge in [0.05, 0.1) is 18.6 Å². The Morgan fingerprint density at radius 2 is 1.90 bits per heavy atom. The second-order valence-electron chi connectivity index (χ2n) is 6.36. The van der Waals surface area contributed by atoms with E-state index in [0.717, 1.165) is 22.6 Å². The Kier molecular flexibility index (Phi) is 6.15. The number of fused-ring (bicyclic) bond motifs is 1. The van der Waals surface area contributed by atoms with Crippen molar-refractivity contribution < 1.29 is 9.53 Å². The standard InChI is InChI=1S/C21H18ClN5O2S/c1-29-18-5-3-2-4-15(18)12-23-20(28)13-30-21-25-24-19-11-10-17(26-27(19)21)14-6-8-16(22)9-7-14/h2-11H,12-13H2,1H3,(H,23,28). The van der Waals surface area contributed by atoms with Gasteiger partial charge in [0.15, 0.2) is 5.65 Å². The van der Waals surface area contributed by atoms with Crippen molar-refractivity contribution in [1.29, 1.82) is 0 Å². The maximum absolute atomic E-state index is 12.3. The molecule has 0 saturated heterocycles. The van der Waals surface area contributed by atoms with Gasteiger partial charge in [-0.1, -0.05) is 53.7 Å². The van der Waals surface area contributed by atoms with E-state index in [1.807, 2.05) is 60.7 Å². The van der Waals surface area contributed by atoms with Gasteiger partial charge < -0.3 is 10.1 Å². The fourth-order valence-corrected chi connectivity index (χ4v) is 3.70. The van der Waals surface area contributed by atoms with E-state index in [4.69, 9.17) is 16.3 Å². The van der Waals surface area contributed by atoms with E-state index >= 15 is 0 Å². The first-order valence-corrected chi connectivity index (χ1v) is 10.5. The molecule has 0 aliphatic rings. The average molecular weight is 440 g/mol. The molecule has 2 heterocycles. The van der Waals surface area contributed by atoms with Gasteiger partial charge in [0.1, 0.15) is 5.75 Å². The molecule has 0 bridgehead atoms. The van der Waals surface area contributed by atoms with E-state index in [1.54, 1.807) is 11.6 Å². The molecule has 0 aliphatic heterocycles. The lowest BCUT2D eigenvalue weighted by Crippen LogP contribution is -2.24. The Bertz CT molecular complexity index is 1180. The Morgan fingerprint density at radius 3 is 2.70 bits per heavy atom. The van der Waals surface area contributed by atoms with Crippen LogP contribution in [-0.2, 0) is 11.3 Å². The Balaban J connectivity index is 1.43. The zero-order valence-corrected chi connectivity index (χ0v) is 17.7. The van der Waals surface area contributed by atoms with Gasteiger partial charge in [-0.2, -0.15) is 9.61 Å². The van der Waals surface area contributed by atoms with Crippen molar-refractivity contribution in [3.05, 3.63) is 71.2 Å². The third-order valence-corrected chi connectivity index (χ3v) is 5.55. The second kappa shape index (κ2) is 9.15. The van der Waals surface area contributed by atoms with Crippen LogP contribution < -0.4 is 10.1 Å². The number of halogens is 1. The molecule has 0 radical (unpaired) electrons. The van der Waals surface area contributed by atoms with Gasteiger partial charge in [-0.25, -0.2) is 0 Å². The van der Waals surface area contributed by atoms with Crippen molar-refractivity contribution in [2.24, 2.45) is 0 Å². The van der Waals surface area contributed by atoms with Crippen LogP contribution in [0.3, 0.4) is 0 Å². The molecular weight excluding hydrogens is 422 g/mol. The summed E-state index contributed by atoms with van der Waals surface area (Å²) in [7, 11) is 1.61. The summed E-state index contributed by atoms with van der Waals surface area (Å²) in [4.78, 5) is 12.3. The fourth-order valence-electron chi connectivity index (χ4n) is 2.86. The van der Waals surface area contributed by atoms with Crippen LogP contribution in [-0.4, -0.2) is 38.6 Å². The molecule has 2 aromatic heterocycles. The van der Waals surface area contributed by atoms with Crippen LogP contribution in [0, 0.1) is 0 Å². The summed E-state index contributed by atoms with van der Waals surface area (Å²) in [5.41, 5.74) is 3.23. The summed E-state index contributed by atoms with van der Waals surface area (Å²) < 4.78 is 6.95. The lowest BCUT2D eigenvalue weighted by Gasteiger charge is -2.09. The molecule has 2 aromatic carbocycles. The van der Waals surface area contributed by atoms with E-state index in [9.17, 15) is 4.79 Å². The monoisotopic (exact) mass is 439 g/mol. The normalized spacial score (nSPS) is 10.9. The van der Waals surface area contributed by atoms with Gasteiger partial charge in [-0.3, -0.25) is 4.79 Å². The average Bonchev–Trinajstić information content (AvgIpc) is 3.19. The van der Waals surface area contributed by atoms with Crippen LogP contribution in [0.4, 0.5) is 0 Å². The molecule has 9 heteroatoms. The number of ether oxygens (including phenoxy) is 1. The molecule has 1 N–H and O–H groups in total. The number of methoxy groups -OCH3 is 1. The zero-order valence-electron chi connectivity index (χ0n) is 16.1. The maximum Gasteiger partial charge on any atom is 0.230 e. The lowest BCUT2D eigenvalue weighted by molar-refractivity contribution is -0.118. The van der Waals surface area contributed by atoms with Gasteiger partial charge in [0, 0.05) is 22.7 Å². The fraction of sp³-hybridized carbons (Fsp3) is 0.143. The van der Waals surface area contributed by atoms with Crippen molar-refractivity contribution in [1.82, 2.24) is 25.1 Å². The lowest BCUT2D eigenvalue weighted by atomic mass is 10.1. The van der Waals surface area contributed by atoms with E-state index in [-0.39, 0.29) is 11.7 Å². The number of carbonyl (C=O) groups excluding carboxylic acids is 1. The minimum Gasteiger partial charge on any atom is -0.496 e. The number of hydrogen-bond acceptors (Lipinski definition) is 6. The molecule has 4 rings (SSSR count). The van der Waals surface area contributed by atoms with Crippen molar-refractivity contribution >= 4 is 34.9 Å². The SMILES string of the molecule is COc1ccccc1CNC(=O)CSc1nnc2ccc(-c3ccc(Cl)cc3)nn12. The van der Waals surface area contributed by atoms with E-state index in [1.165, 1.54) is 11.8 Å². The number of hydrogen-bond donors (Lipinski definition) is 1. The third kappa shape index (κ3) is 4.55. The summed E-state index contributed by atoms with van der Waals surface area (Å²) >= 11 is 7.24. The quantitative estimate of drug-likeness (QED) is 0.440. The summed E-state index contributed by atoms with van der Waals surface area (Å²) in [6, 6.07) is 18.7. The maximum atomic E-state index is 12.3. The van der Waals surface area contributed by atoms with E-state index in [0.29, 0.717) is 22.4 Å². The molecular formula is C21H18ClN5O2S. The number of aromatic nitrogens is 4. The van der Waals surface area contributed by atoms with Crippen LogP contribution in [0.25, 0.3) is 16.9 Å². The number of nitrogens with zero attached hydrogens (tertiary/aromatic N) is 4. The highest BCUT2D eigenvalue weighted by molar-refractivity contribution is 7.99. The third-order valence-electron chi connectivity index (χ3n) is 4.38. The molecule has 0 unspecified atom stereocenters. The smallest absolute Gasteiger partial charge is 0.230 e. The molecule has 4 aromatic rings. The largest absolute Gasteiger partial charge is 0.496 e. The number of thioether (sulfide) groups is 1. The molecule has 0 fully saturated rings. The van der Waals surface area contributed by atoms with Crippen molar-refractivity contribution in [3.63, 3.8) is 0 Å². The van der Waals surface area contributed by atoms with Gasteiger partial charge in [0.25, 0.3) is 0 Å². The summed E-state index contributed by atoms with van der Waals surface area (Å²) in [6.07, 6.45) is 0. The van der Waals surface area contributed by atoms with Crippen LogP contribution in [0.5, 0.6) is 5.75 Å². The first-order chi connectivity index (χ1) is 14.6.